The molecule has 0 aliphatic heterocycles. The van der Waals surface area contributed by atoms with Gasteiger partial charge in [-0.3, -0.25) is 15.5 Å². The third-order valence-electron chi connectivity index (χ3n) is 4.13. The minimum absolute atomic E-state index is 0.0746. The Hall–Kier alpha value is -1.96. The zero-order valence-corrected chi connectivity index (χ0v) is 12.4. The first-order chi connectivity index (χ1) is 10.1. The molecule has 1 aromatic rings. The Labute approximate surface area is 123 Å². The summed E-state index contributed by atoms with van der Waals surface area (Å²) in [5.41, 5.74) is 2.58. The minimum atomic E-state index is -0.443. The largest absolute Gasteiger partial charge is 0.361 e. The van der Waals surface area contributed by atoms with Crippen LogP contribution in [0.1, 0.15) is 44.7 Å². The predicted octanol–water partition coefficient (Wildman–Crippen LogP) is 2.36. The van der Waals surface area contributed by atoms with E-state index in [4.69, 9.17) is 5.84 Å². The van der Waals surface area contributed by atoms with E-state index in [2.05, 4.69) is 27.6 Å². The van der Waals surface area contributed by atoms with E-state index in [-0.39, 0.29) is 23.5 Å². The zero-order valence-electron chi connectivity index (χ0n) is 12.4. The number of nitrogens with one attached hydrogen (secondary N) is 2. The summed E-state index contributed by atoms with van der Waals surface area (Å²) in [6.45, 7) is 3.74. The molecule has 0 spiro atoms. The van der Waals surface area contributed by atoms with E-state index in [0.29, 0.717) is 11.6 Å². The van der Waals surface area contributed by atoms with Crippen LogP contribution in [0.3, 0.4) is 0 Å². The molecule has 0 aromatic carbocycles. The molecule has 1 saturated carbocycles. The van der Waals surface area contributed by atoms with Gasteiger partial charge in [-0.05, 0) is 25.7 Å². The number of hydrazine groups is 1. The van der Waals surface area contributed by atoms with E-state index in [1.807, 2.05) is 0 Å². The summed E-state index contributed by atoms with van der Waals surface area (Å²) >= 11 is 0. The number of aromatic nitrogens is 2. The van der Waals surface area contributed by atoms with E-state index in [0.717, 1.165) is 25.7 Å². The molecule has 2 unspecified atom stereocenters. The van der Waals surface area contributed by atoms with Crippen molar-refractivity contribution in [1.29, 1.82) is 0 Å². The van der Waals surface area contributed by atoms with Gasteiger partial charge in [0.15, 0.2) is 0 Å². The van der Waals surface area contributed by atoms with E-state index >= 15 is 0 Å². The van der Waals surface area contributed by atoms with Gasteiger partial charge in [0.05, 0.1) is 4.92 Å². The maximum Gasteiger partial charge on any atom is 0.332 e. The van der Waals surface area contributed by atoms with Crippen LogP contribution >= 0.6 is 0 Å². The first-order valence-electron chi connectivity index (χ1n) is 7.33. The van der Waals surface area contributed by atoms with Crippen molar-refractivity contribution in [1.82, 2.24) is 9.97 Å². The van der Waals surface area contributed by atoms with Gasteiger partial charge in [0, 0.05) is 6.04 Å². The molecule has 4 N–H and O–H groups in total. The molecule has 2 rings (SSSR count). The fraction of sp³-hybridized carbons (Fsp3) is 0.692. The molecular formula is C13H22N6O2. The molecule has 0 radical (unpaired) electrons. The Morgan fingerprint density at radius 1 is 1.38 bits per heavy atom. The van der Waals surface area contributed by atoms with Crippen LogP contribution in [0, 0.1) is 23.0 Å². The van der Waals surface area contributed by atoms with Crippen LogP contribution in [0.25, 0.3) is 0 Å². The van der Waals surface area contributed by atoms with Crippen molar-refractivity contribution in [2.45, 2.75) is 52.0 Å². The molecule has 1 aliphatic rings. The summed E-state index contributed by atoms with van der Waals surface area (Å²) in [6.07, 6.45) is 5.56. The number of nitrogen functional groups attached to an aromatic ring is 1. The lowest BCUT2D eigenvalue weighted by molar-refractivity contribution is -0.385. The first kappa shape index (κ1) is 15.4. The van der Waals surface area contributed by atoms with Gasteiger partial charge >= 0.3 is 5.69 Å². The smallest absolute Gasteiger partial charge is 0.332 e. The molecule has 116 valence electrons. The summed E-state index contributed by atoms with van der Waals surface area (Å²) < 4.78 is 0. The van der Waals surface area contributed by atoms with Crippen LogP contribution in [0.4, 0.5) is 17.5 Å². The molecular weight excluding hydrogens is 272 g/mol. The molecule has 1 aromatic heterocycles. The number of rotatable bonds is 5. The Morgan fingerprint density at radius 2 is 2.10 bits per heavy atom. The number of nitrogens with zero attached hydrogens (tertiary/aromatic N) is 3. The normalized spacial score (nSPS) is 21.9. The monoisotopic (exact) mass is 294 g/mol. The van der Waals surface area contributed by atoms with Crippen LogP contribution in [-0.4, -0.2) is 20.9 Å². The SMILES string of the molecule is CCC1CCCCC1Nc1nc(NN)nc(C)c1[N+](=O)[O-]. The molecule has 8 nitrogen and oxygen atoms in total. The quantitative estimate of drug-likeness (QED) is 0.433. The second-order valence-corrected chi connectivity index (χ2v) is 5.43. The lowest BCUT2D eigenvalue weighted by atomic mass is 9.83. The van der Waals surface area contributed by atoms with Crippen LogP contribution in [0.5, 0.6) is 0 Å². The van der Waals surface area contributed by atoms with Gasteiger partial charge in [0.1, 0.15) is 5.69 Å². The van der Waals surface area contributed by atoms with E-state index in [9.17, 15) is 10.1 Å². The second-order valence-electron chi connectivity index (χ2n) is 5.43. The van der Waals surface area contributed by atoms with Crippen molar-refractivity contribution in [3.63, 3.8) is 0 Å². The number of aryl methyl sites for hydroxylation is 1. The van der Waals surface area contributed by atoms with Gasteiger partial charge in [0.25, 0.3) is 0 Å². The fourth-order valence-electron chi connectivity index (χ4n) is 3.01. The highest BCUT2D eigenvalue weighted by Crippen LogP contribution is 2.33. The summed E-state index contributed by atoms with van der Waals surface area (Å²) in [5.74, 6) is 6.28. The average Bonchev–Trinajstić information content (AvgIpc) is 2.46. The highest BCUT2D eigenvalue weighted by Gasteiger charge is 2.28. The molecule has 0 bridgehead atoms. The summed E-state index contributed by atoms with van der Waals surface area (Å²) in [5, 5.41) is 14.5. The first-order valence-corrected chi connectivity index (χ1v) is 7.33. The number of nitro groups is 1. The van der Waals surface area contributed by atoms with Gasteiger partial charge in [-0.2, -0.15) is 4.98 Å². The molecule has 8 heteroatoms. The van der Waals surface area contributed by atoms with Crippen LogP contribution < -0.4 is 16.6 Å². The van der Waals surface area contributed by atoms with Crippen molar-refractivity contribution in [2.24, 2.45) is 11.8 Å². The third-order valence-corrected chi connectivity index (χ3v) is 4.13. The molecule has 2 atom stereocenters. The fourth-order valence-corrected chi connectivity index (χ4v) is 3.01. The van der Waals surface area contributed by atoms with Gasteiger partial charge in [-0.25, -0.2) is 10.8 Å². The van der Waals surface area contributed by atoms with E-state index < -0.39 is 4.92 Å². The van der Waals surface area contributed by atoms with E-state index in [1.54, 1.807) is 6.92 Å². The lowest BCUT2D eigenvalue weighted by Crippen LogP contribution is -2.32. The van der Waals surface area contributed by atoms with Crippen LogP contribution in [-0.2, 0) is 0 Å². The van der Waals surface area contributed by atoms with Crippen molar-refractivity contribution in [3.8, 4) is 0 Å². The molecule has 1 fully saturated rings. The molecule has 1 aliphatic carbocycles. The van der Waals surface area contributed by atoms with Gasteiger partial charge in [-0.1, -0.05) is 26.2 Å². The highest BCUT2D eigenvalue weighted by molar-refractivity contribution is 5.61. The third kappa shape index (κ3) is 3.38. The predicted molar refractivity (Wildman–Crippen MR) is 80.9 cm³/mol. The molecule has 0 amide bonds. The maximum atomic E-state index is 11.3. The van der Waals surface area contributed by atoms with Crippen molar-refractivity contribution >= 4 is 17.5 Å². The minimum Gasteiger partial charge on any atom is -0.361 e. The standard InChI is InChI=1S/C13H22N6O2/c1-3-9-6-4-5-7-10(9)16-12-11(19(20)21)8(2)15-13(17-12)18-14/h9-10H,3-7,14H2,1-2H3,(H2,15,16,17,18). The maximum absolute atomic E-state index is 11.3. The van der Waals surface area contributed by atoms with Gasteiger partial charge in [0.2, 0.25) is 11.8 Å². The van der Waals surface area contributed by atoms with Crippen LogP contribution in [0.2, 0.25) is 0 Å². The zero-order chi connectivity index (χ0) is 15.4. The molecule has 0 saturated heterocycles. The summed E-state index contributed by atoms with van der Waals surface area (Å²) in [6, 6.07) is 0.211. The van der Waals surface area contributed by atoms with Crippen molar-refractivity contribution in [3.05, 3.63) is 15.8 Å². The summed E-state index contributed by atoms with van der Waals surface area (Å²) in [4.78, 5) is 18.9. The topological polar surface area (TPSA) is 119 Å². The lowest BCUT2D eigenvalue weighted by Gasteiger charge is -2.31. The Kier molecular flexibility index (Phi) is 4.89. The highest BCUT2D eigenvalue weighted by atomic mass is 16.6. The Morgan fingerprint density at radius 3 is 2.71 bits per heavy atom. The van der Waals surface area contributed by atoms with Crippen LogP contribution in [0.15, 0.2) is 0 Å². The Bertz CT molecular complexity index is 522. The van der Waals surface area contributed by atoms with E-state index in [1.165, 1.54) is 6.42 Å². The number of hydrogen-bond donors (Lipinski definition) is 3. The van der Waals surface area contributed by atoms with Crippen molar-refractivity contribution < 1.29 is 4.92 Å². The number of nitrogens with two attached hydrogens (primary N) is 1. The molecule has 21 heavy (non-hydrogen) atoms. The number of hydrogen-bond acceptors (Lipinski definition) is 7. The van der Waals surface area contributed by atoms with Crippen molar-refractivity contribution in [2.75, 3.05) is 10.7 Å². The second kappa shape index (κ2) is 6.66. The van der Waals surface area contributed by atoms with Gasteiger partial charge in [-0.15, -0.1) is 0 Å². The van der Waals surface area contributed by atoms with Gasteiger partial charge < -0.3 is 5.32 Å². The molecule has 1 heterocycles. The average molecular weight is 294 g/mol. The summed E-state index contributed by atoms with van der Waals surface area (Å²) in [7, 11) is 0. The Balaban J connectivity index is 2.32. The number of anilines is 2.